The fourth-order valence-corrected chi connectivity index (χ4v) is 2.26. The Labute approximate surface area is 113 Å². The van der Waals surface area contributed by atoms with Gasteiger partial charge in [-0.3, -0.25) is 4.68 Å². The summed E-state index contributed by atoms with van der Waals surface area (Å²) in [5, 5.41) is 13.0. The smallest absolute Gasteiger partial charge is 0.128 e. The molecule has 0 aliphatic carbocycles. The highest BCUT2D eigenvalue weighted by Gasteiger charge is 2.29. The minimum absolute atomic E-state index is 0.397. The van der Waals surface area contributed by atoms with Crippen LogP contribution in [0.15, 0.2) is 35.2 Å². The van der Waals surface area contributed by atoms with Crippen LogP contribution >= 0.6 is 15.9 Å². The Hall–Kier alpha value is -1.87. The Balaban J connectivity index is 1.66. The molecule has 1 fully saturated rings. The number of pyridine rings is 1. The third kappa shape index (κ3) is 1.97. The number of anilines is 1. The molecule has 0 spiro atoms. The number of halogens is 1. The van der Waals surface area contributed by atoms with Crippen molar-refractivity contribution in [2.45, 2.75) is 6.04 Å². The van der Waals surface area contributed by atoms with Crippen LogP contribution in [0.3, 0.4) is 0 Å². The van der Waals surface area contributed by atoms with Gasteiger partial charge in [-0.05, 0) is 28.1 Å². The van der Waals surface area contributed by atoms with E-state index in [4.69, 9.17) is 5.26 Å². The Kier molecular flexibility index (Phi) is 2.76. The van der Waals surface area contributed by atoms with Gasteiger partial charge in [0.05, 0.1) is 22.3 Å². The summed E-state index contributed by atoms with van der Waals surface area (Å²) in [5.74, 6) is 0.913. The van der Waals surface area contributed by atoms with Crippen molar-refractivity contribution in [1.82, 2.24) is 14.8 Å². The van der Waals surface area contributed by atoms with Crippen LogP contribution in [-0.4, -0.2) is 27.9 Å². The number of hydrogen-bond donors (Lipinski definition) is 0. The van der Waals surface area contributed by atoms with Crippen LogP contribution in [0.4, 0.5) is 5.82 Å². The summed E-state index contributed by atoms with van der Waals surface area (Å²) in [5.41, 5.74) is 0.590. The van der Waals surface area contributed by atoms with Gasteiger partial charge in [0.25, 0.3) is 0 Å². The molecule has 2 aromatic heterocycles. The molecule has 0 saturated carbocycles. The molecule has 3 rings (SSSR count). The van der Waals surface area contributed by atoms with Crippen LogP contribution in [0.2, 0.25) is 0 Å². The molecule has 0 amide bonds. The number of rotatable bonds is 2. The highest BCUT2D eigenvalue weighted by atomic mass is 79.9. The highest BCUT2D eigenvalue weighted by molar-refractivity contribution is 9.10. The molecule has 0 unspecified atom stereocenters. The second-order valence-corrected chi connectivity index (χ2v) is 5.13. The van der Waals surface area contributed by atoms with Crippen molar-refractivity contribution >= 4 is 21.7 Å². The molecule has 1 aliphatic heterocycles. The number of aromatic nitrogens is 3. The first-order chi connectivity index (χ1) is 8.76. The van der Waals surface area contributed by atoms with E-state index in [0.29, 0.717) is 11.6 Å². The lowest BCUT2D eigenvalue weighted by atomic mass is 10.1. The monoisotopic (exact) mass is 303 g/mol. The van der Waals surface area contributed by atoms with E-state index in [1.807, 2.05) is 16.9 Å². The van der Waals surface area contributed by atoms with E-state index in [1.54, 1.807) is 18.5 Å². The summed E-state index contributed by atoms with van der Waals surface area (Å²) in [7, 11) is 0. The van der Waals surface area contributed by atoms with Crippen molar-refractivity contribution in [2.75, 3.05) is 18.0 Å². The zero-order valence-electron chi connectivity index (χ0n) is 9.49. The largest absolute Gasteiger partial charge is 0.352 e. The molecule has 2 aromatic rings. The van der Waals surface area contributed by atoms with Crippen LogP contribution < -0.4 is 4.90 Å². The minimum atomic E-state index is 0.397. The van der Waals surface area contributed by atoms with Crippen LogP contribution in [0.1, 0.15) is 11.6 Å². The summed E-state index contributed by atoms with van der Waals surface area (Å²) >= 11 is 3.39. The lowest BCUT2D eigenvalue weighted by Crippen LogP contribution is -2.48. The maximum absolute atomic E-state index is 8.71. The molecule has 6 heteroatoms. The molecule has 0 aromatic carbocycles. The first-order valence-corrected chi connectivity index (χ1v) is 6.36. The van der Waals surface area contributed by atoms with Gasteiger partial charge in [0.2, 0.25) is 0 Å². The first-order valence-electron chi connectivity index (χ1n) is 5.57. The van der Waals surface area contributed by atoms with Gasteiger partial charge in [0.1, 0.15) is 11.9 Å². The normalized spacial score (nSPS) is 15.2. The molecule has 0 radical (unpaired) electrons. The van der Waals surface area contributed by atoms with Gasteiger partial charge in [-0.2, -0.15) is 10.4 Å². The highest BCUT2D eigenvalue weighted by Crippen LogP contribution is 2.26. The van der Waals surface area contributed by atoms with Crippen molar-refractivity contribution in [3.05, 3.63) is 40.8 Å². The van der Waals surface area contributed by atoms with Crippen molar-refractivity contribution in [3.63, 3.8) is 0 Å². The lowest BCUT2D eigenvalue weighted by molar-refractivity contribution is 0.366. The van der Waals surface area contributed by atoms with E-state index in [-0.39, 0.29) is 0 Å². The summed E-state index contributed by atoms with van der Waals surface area (Å²) < 4.78 is 2.96. The molecule has 18 heavy (non-hydrogen) atoms. The van der Waals surface area contributed by atoms with Gasteiger partial charge in [0, 0.05) is 25.5 Å². The molecule has 0 bridgehead atoms. The molecular formula is C12H10BrN5. The van der Waals surface area contributed by atoms with Crippen LogP contribution in [0.5, 0.6) is 0 Å². The van der Waals surface area contributed by atoms with Gasteiger partial charge < -0.3 is 4.90 Å². The molecule has 90 valence electrons. The minimum Gasteiger partial charge on any atom is -0.352 e. The third-order valence-electron chi connectivity index (χ3n) is 3.01. The van der Waals surface area contributed by atoms with Crippen LogP contribution in [0, 0.1) is 11.3 Å². The SMILES string of the molecule is N#Cc1ccc(N2CC(n3cc(Br)cn3)C2)nc1. The van der Waals surface area contributed by atoms with Crippen LogP contribution in [0.25, 0.3) is 0 Å². The number of nitrogens with zero attached hydrogens (tertiary/aromatic N) is 5. The topological polar surface area (TPSA) is 57.7 Å². The standard InChI is InChI=1S/C12H10BrN5/c13-10-5-16-18(6-10)11-7-17(8-11)12-2-1-9(3-14)4-15-12/h1-2,4-6,11H,7-8H2. The predicted molar refractivity (Wildman–Crippen MR) is 70.1 cm³/mol. The number of hydrogen-bond acceptors (Lipinski definition) is 4. The van der Waals surface area contributed by atoms with Crippen molar-refractivity contribution in [2.24, 2.45) is 0 Å². The molecule has 3 heterocycles. The second kappa shape index (κ2) is 4.42. The Morgan fingerprint density at radius 3 is 2.72 bits per heavy atom. The first kappa shape index (κ1) is 11.2. The quantitative estimate of drug-likeness (QED) is 0.851. The molecule has 1 aliphatic rings. The van der Waals surface area contributed by atoms with Gasteiger partial charge in [-0.1, -0.05) is 0 Å². The van der Waals surface area contributed by atoms with Crippen molar-refractivity contribution < 1.29 is 0 Å². The summed E-state index contributed by atoms with van der Waals surface area (Å²) in [6, 6.07) is 6.14. The maximum Gasteiger partial charge on any atom is 0.128 e. The van der Waals surface area contributed by atoms with E-state index in [1.165, 1.54) is 0 Å². The maximum atomic E-state index is 8.71. The van der Waals surface area contributed by atoms with Gasteiger partial charge in [0.15, 0.2) is 0 Å². The zero-order valence-corrected chi connectivity index (χ0v) is 11.1. The summed E-state index contributed by atoms with van der Waals surface area (Å²) in [6.45, 7) is 1.79. The average molecular weight is 304 g/mol. The molecular weight excluding hydrogens is 294 g/mol. The van der Waals surface area contributed by atoms with Crippen molar-refractivity contribution in [1.29, 1.82) is 5.26 Å². The van der Waals surface area contributed by atoms with E-state index >= 15 is 0 Å². The van der Waals surface area contributed by atoms with Crippen LogP contribution in [-0.2, 0) is 0 Å². The number of nitriles is 1. The Morgan fingerprint density at radius 2 is 2.17 bits per heavy atom. The summed E-state index contributed by atoms with van der Waals surface area (Å²) in [6.07, 6.45) is 5.38. The molecule has 1 saturated heterocycles. The summed E-state index contributed by atoms with van der Waals surface area (Å²) in [4.78, 5) is 6.44. The Morgan fingerprint density at radius 1 is 1.33 bits per heavy atom. The zero-order chi connectivity index (χ0) is 12.5. The lowest BCUT2D eigenvalue weighted by Gasteiger charge is -2.40. The molecule has 5 nitrogen and oxygen atoms in total. The van der Waals surface area contributed by atoms with Gasteiger partial charge in [-0.15, -0.1) is 0 Å². The van der Waals surface area contributed by atoms with Gasteiger partial charge in [-0.25, -0.2) is 4.98 Å². The van der Waals surface area contributed by atoms with E-state index < -0.39 is 0 Å². The van der Waals surface area contributed by atoms with E-state index in [2.05, 4.69) is 37.0 Å². The third-order valence-corrected chi connectivity index (χ3v) is 3.42. The fourth-order valence-electron chi connectivity index (χ4n) is 1.96. The molecule has 0 atom stereocenters. The van der Waals surface area contributed by atoms with Gasteiger partial charge >= 0.3 is 0 Å². The fraction of sp³-hybridized carbons (Fsp3) is 0.250. The average Bonchev–Trinajstić information content (AvgIpc) is 2.75. The molecule has 0 N–H and O–H groups in total. The van der Waals surface area contributed by atoms with E-state index in [0.717, 1.165) is 23.4 Å². The predicted octanol–water partition coefficient (Wildman–Crippen LogP) is 1.97. The second-order valence-electron chi connectivity index (χ2n) is 4.21. The Bertz CT molecular complexity index is 592. The van der Waals surface area contributed by atoms with Crippen molar-refractivity contribution in [3.8, 4) is 6.07 Å². The van der Waals surface area contributed by atoms with E-state index in [9.17, 15) is 0 Å².